The van der Waals surface area contributed by atoms with Crippen LogP contribution < -0.4 is 5.73 Å². The molecule has 0 aromatic heterocycles. The standard InChI is InChI=1S/C11H14ClNOS/c12-8-1-3-9(4-2-8)15-11-7-14-6-5-10(11)13/h1-4,10-11H,5-7,13H2. The van der Waals surface area contributed by atoms with E-state index in [-0.39, 0.29) is 6.04 Å². The van der Waals surface area contributed by atoms with Gasteiger partial charge < -0.3 is 10.5 Å². The SMILES string of the molecule is NC1CCOCC1Sc1ccc(Cl)cc1. The van der Waals surface area contributed by atoms with E-state index in [0.29, 0.717) is 5.25 Å². The molecule has 0 bridgehead atoms. The lowest BCUT2D eigenvalue weighted by Crippen LogP contribution is -2.40. The Morgan fingerprint density at radius 3 is 2.73 bits per heavy atom. The number of nitrogens with two attached hydrogens (primary N) is 1. The van der Waals surface area contributed by atoms with Crippen LogP contribution in [0.4, 0.5) is 0 Å². The average molecular weight is 244 g/mol. The summed E-state index contributed by atoms with van der Waals surface area (Å²) in [6.07, 6.45) is 0.950. The molecule has 0 spiro atoms. The maximum atomic E-state index is 6.03. The quantitative estimate of drug-likeness (QED) is 0.867. The van der Waals surface area contributed by atoms with Crippen LogP contribution in [-0.4, -0.2) is 24.5 Å². The third kappa shape index (κ3) is 3.11. The van der Waals surface area contributed by atoms with E-state index in [1.54, 1.807) is 11.8 Å². The lowest BCUT2D eigenvalue weighted by atomic mass is 10.1. The normalized spacial score (nSPS) is 26.5. The zero-order valence-corrected chi connectivity index (χ0v) is 9.93. The summed E-state index contributed by atoms with van der Waals surface area (Å²) in [6, 6.07) is 8.08. The first-order valence-corrected chi connectivity index (χ1v) is 6.27. The second kappa shape index (κ2) is 5.21. The van der Waals surface area contributed by atoms with Gasteiger partial charge in [-0.2, -0.15) is 0 Å². The predicted molar refractivity (Wildman–Crippen MR) is 64.5 cm³/mol. The monoisotopic (exact) mass is 243 g/mol. The average Bonchev–Trinajstić information content (AvgIpc) is 2.25. The van der Waals surface area contributed by atoms with E-state index in [2.05, 4.69) is 0 Å². The van der Waals surface area contributed by atoms with Crippen molar-refractivity contribution in [3.63, 3.8) is 0 Å². The molecule has 4 heteroatoms. The van der Waals surface area contributed by atoms with E-state index in [1.807, 2.05) is 24.3 Å². The van der Waals surface area contributed by atoms with E-state index < -0.39 is 0 Å². The number of hydrogen-bond acceptors (Lipinski definition) is 3. The van der Waals surface area contributed by atoms with Gasteiger partial charge in [0.15, 0.2) is 0 Å². The second-order valence-electron chi connectivity index (χ2n) is 3.64. The molecule has 1 saturated heterocycles. The summed E-state index contributed by atoms with van der Waals surface area (Å²) in [7, 11) is 0. The number of rotatable bonds is 2. The molecule has 15 heavy (non-hydrogen) atoms. The van der Waals surface area contributed by atoms with Crippen molar-refractivity contribution in [1.29, 1.82) is 0 Å². The van der Waals surface area contributed by atoms with E-state index in [9.17, 15) is 0 Å². The van der Waals surface area contributed by atoms with Crippen molar-refractivity contribution in [2.45, 2.75) is 22.6 Å². The van der Waals surface area contributed by atoms with Gasteiger partial charge in [0.25, 0.3) is 0 Å². The van der Waals surface area contributed by atoms with Gasteiger partial charge >= 0.3 is 0 Å². The van der Waals surface area contributed by atoms with Gasteiger partial charge in [-0.3, -0.25) is 0 Å². The van der Waals surface area contributed by atoms with Crippen LogP contribution in [0.2, 0.25) is 5.02 Å². The van der Waals surface area contributed by atoms with Gasteiger partial charge in [-0.05, 0) is 30.7 Å². The van der Waals surface area contributed by atoms with Crippen molar-refractivity contribution in [2.24, 2.45) is 5.73 Å². The van der Waals surface area contributed by atoms with Gasteiger partial charge in [0.2, 0.25) is 0 Å². The minimum Gasteiger partial charge on any atom is -0.380 e. The highest BCUT2D eigenvalue weighted by molar-refractivity contribution is 8.00. The minimum absolute atomic E-state index is 0.236. The second-order valence-corrected chi connectivity index (χ2v) is 5.39. The van der Waals surface area contributed by atoms with E-state index in [4.69, 9.17) is 22.1 Å². The fraction of sp³-hybridized carbons (Fsp3) is 0.455. The maximum absolute atomic E-state index is 6.03. The van der Waals surface area contributed by atoms with Crippen molar-refractivity contribution >= 4 is 23.4 Å². The molecule has 2 rings (SSSR count). The molecule has 1 aliphatic rings. The summed E-state index contributed by atoms with van der Waals surface area (Å²) in [5.74, 6) is 0. The Morgan fingerprint density at radius 2 is 2.07 bits per heavy atom. The topological polar surface area (TPSA) is 35.2 Å². The molecule has 1 fully saturated rings. The van der Waals surface area contributed by atoms with E-state index in [1.165, 1.54) is 4.90 Å². The molecule has 82 valence electrons. The lowest BCUT2D eigenvalue weighted by molar-refractivity contribution is 0.0916. The van der Waals surface area contributed by atoms with Crippen LogP contribution in [-0.2, 0) is 4.74 Å². The summed E-state index contributed by atoms with van der Waals surface area (Å²) < 4.78 is 5.42. The third-order valence-corrected chi connectivity index (χ3v) is 4.04. The number of thioether (sulfide) groups is 1. The molecular weight excluding hydrogens is 230 g/mol. The molecule has 0 aliphatic carbocycles. The van der Waals surface area contributed by atoms with Gasteiger partial charge in [-0.1, -0.05) is 11.6 Å². The first kappa shape index (κ1) is 11.3. The molecule has 0 amide bonds. The highest BCUT2D eigenvalue weighted by Crippen LogP contribution is 2.28. The first-order chi connectivity index (χ1) is 7.25. The van der Waals surface area contributed by atoms with Gasteiger partial charge in [-0.25, -0.2) is 0 Å². The molecule has 1 aromatic carbocycles. The molecule has 0 radical (unpaired) electrons. The number of benzene rings is 1. The van der Waals surface area contributed by atoms with Crippen LogP contribution in [0.25, 0.3) is 0 Å². The molecule has 2 N–H and O–H groups in total. The van der Waals surface area contributed by atoms with Crippen LogP contribution in [0.5, 0.6) is 0 Å². The Morgan fingerprint density at radius 1 is 1.33 bits per heavy atom. The van der Waals surface area contributed by atoms with Crippen molar-refractivity contribution in [2.75, 3.05) is 13.2 Å². The molecule has 2 unspecified atom stereocenters. The Labute approximate surface area is 99.1 Å². The Hall–Kier alpha value is -0.220. The fourth-order valence-electron chi connectivity index (χ4n) is 1.54. The summed E-state index contributed by atoms with van der Waals surface area (Å²) in [5.41, 5.74) is 6.03. The lowest BCUT2D eigenvalue weighted by Gasteiger charge is -2.28. The fourth-order valence-corrected chi connectivity index (χ4v) is 2.78. The van der Waals surface area contributed by atoms with Gasteiger partial charge in [-0.15, -0.1) is 11.8 Å². The Bertz CT molecular complexity index is 317. The van der Waals surface area contributed by atoms with Crippen LogP contribution in [0.1, 0.15) is 6.42 Å². The molecule has 2 nitrogen and oxygen atoms in total. The molecule has 1 aromatic rings. The number of hydrogen-bond donors (Lipinski definition) is 1. The highest BCUT2D eigenvalue weighted by atomic mass is 35.5. The highest BCUT2D eigenvalue weighted by Gasteiger charge is 2.23. The largest absolute Gasteiger partial charge is 0.380 e. The van der Waals surface area contributed by atoms with Crippen molar-refractivity contribution < 1.29 is 4.74 Å². The molecule has 1 aliphatic heterocycles. The molecule has 0 saturated carbocycles. The summed E-state index contributed by atoms with van der Waals surface area (Å²) in [5, 5.41) is 1.13. The number of halogens is 1. The number of ether oxygens (including phenoxy) is 1. The van der Waals surface area contributed by atoms with Gasteiger partial charge in [0.05, 0.1) is 6.61 Å². The van der Waals surface area contributed by atoms with Gasteiger partial charge in [0.1, 0.15) is 0 Å². The van der Waals surface area contributed by atoms with Crippen LogP contribution >= 0.6 is 23.4 Å². The van der Waals surface area contributed by atoms with Crippen molar-refractivity contribution in [1.82, 2.24) is 0 Å². The first-order valence-electron chi connectivity index (χ1n) is 5.01. The van der Waals surface area contributed by atoms with Crippen molar-refractivity contribution in [3.05, 3.63) is 29.3 Å². The van der Waals surface area contributed by atoms with Crippen LogP contribution in [0.3, 0.4) is 0 Å². The summed E-state index contributed by atoms with van der Waals surface area (Å²) in [4.78, 5) is 1.20. The van der Waals surface area contributed by atoms with E-state index >= 15 is 0 Å². The predicted octanol–water partition coefficient (Wildman–Crippen LogP) is 2.55. The Kier molecular flexibility index (Phi) is 3.92. The van der Waals surface area contributed by atoms with Crippen molar-refractivity contribution in [3.8, 4) is 0 Å². The summed E-state index contributed by atoms with van der Waals surface area (Å²) in [6.45, 7) is 1.54. The molecule has 2 atom stereocenters. The smallest absolute Gasteiger partial charge is 0.0603 e. The third-order valence-electron chi connectivity index (χ3n) is 2.46. The van der Waals surface area contributed by atoms with Crippen LogP contribution in [0, 0.1) is 0 Å². The molecular formula is C11H14ClNOS. The van der Waals surface area contributed by atoms with E-state index in [0.717, 1.165) is 24.7 Å². The van der Waals surface area contributed by atoms with Crippen LogP contribution in [0.15, 0.2) is 29.2 Å². The zero-order chi connectivity index (χ0) is 10.7. The zero-order valence-electron chi connectivity index (χ0n) is 8.36. The summed E-state index contributed by atoms with van der Waals surface area (Å²) >= 11 is 7.60. The Balaban J connectivity index is 1.98. The molecule has 1 heterocycles. The van der Waals surface area contributed by atoms with Gasteiger partial charge in [0, 0.05) is 27.8 Å². The minimum atomic E-state index is 0.236. The maximum Gasteiger partial charge on any atom is 0.0603 e.